The monoisotopic (exact) mass is 274 g/mol. The van der Waals surface area contributed by atoms with Gasteiger partial charge in [0.15, 0.2) is 5.03 Å². The zero-order chi connectivity index (χ0) is 11.3. The number of halogens is 1. The molecule has 15 heavy (non-hydrogen) atoms. The molecule has 2 aliphatic rings. The third-order valence-corrected chi connectivity index (χ3v) is 5.88. The largest absolute Gasteiger partial charge is 0.233 e. The molecular formula is C10H15BrN2O2. The molecule has 2 bridgehead atoms. The molecule has 2 rings (SSSR count). The number of fused-ring (bicyclic) bond motifs is 2. The Morgan fingerprint density at radius 3 is 2.80 bits per heavy atom. The summed E-state index contributed by atoms with van der Waals surface area (Å²) in [5.41, 5.74) is 0.863. The minimum Gasteiger partial charge on any atom is -0.233 e. The molecule has 0 saturated heterocycles. The molecule has 0 aromatic heterocycles. The molecule has 2 aliphatic carbocycles. The van der Waals surface area contributed by atoms with Gasteiger partial charge in [0.2, 0.25) is 0 Å². The normalized spacial score (nSPS) is 46.3. The summed E-state index contributed by atoms with van der Waals surface area (Å²) in [5, 5.41) is 14.4. The molecule has 0 unspecified atom stereocenters. The van der Waals surface area contributed by atoms with Crippen LogP contribution in [-0.2, 0) is 0 Å². The lowest BCUT2D eigenvalue weighted by molar-refractivity contribution is -0.485. The van der Waals surface area contributed by atoms with Gasteiger partial charge >= 0.3 is 0 Å². The molecule has 0 aliphatic heterocycles. The van der Waals surface area contributed by atoms with Crippen molar-refractivity contribution < 1.29 is 5.03 Å². The number of hydrogen-bond acceptors (Lipinski definition) is 2. The molecule has 4 nitrogen and oxygen atoms in total. The molecule has 0 radical (unpaired) electrons. The molecule has 0 N–H and O–H groups in total. The van der Waals surface area contributed by atoms with E-state index in [4.69, 9.17) is 0 Å². The van der Waals surface area contributed by atoms with E-state index in [9.17, 15) is 10.1 Å². The first-order chi connectivity index (χ1) is 6.94. The summed E-state index contributed by atoms with van der Waals surface area (Å²) in [4.78, 5) is 10.5. The first-order valence-corrected chi connectivity index (χ1v) is 6.34. The Balaban J connectivity index is 2.41. The molecule has 0 heterocycles. The highest BCUT2D eigenvalue weighted by Gasteiger charge is 2.62. The summed E-state index contributed by atoms with van der Waals surface area (Å²) in [6, 6.07) is 0. The van der Waals surface area contributed by atoms with Gasteiger partial charge in [0, 0.05) is 10.7 Å². The third kappa shape index (κ3) is 1.28. The molecule has 3 atom stereocenters. The van der Waals surface area contributed by atoms with Crippen LogP contribution in [0.4, 0.5) is 0 Å². The molecule has 5 heteroatoms. The Labute approximate surface area is 97.4 Å². The van der Waals surface area contributed by atoms with E-state index < -0.39 is 5.03 Å². The Kier molecular flexibility index (Phi) is 2.41. The lowest BCUT2D eigenvalue weighted by Crippen LogP contribution is -2.36. The van der Waals surface area contributed by atoms with Crippen molar-refractivity contribution in [3.05, 3.63) is 10.1 Å². The van der Waals surface area contributed by atoms with Crippen LogP contribution in [0, 0.1) is 26.9 Å². The van der Waals surface area contributed by atoms with Gasteiger partial charge in [-0.15, -0.1) is 0 Å². The minimum absolute atomic E-state index is 0.0752. The van der Waals surface area contributed by atoms with Crippen LogP contribution >= 0.6 is 15.9 Å². The molecule has 2 fully saturated rings. The first kappa shape index (κ1) is 11.0. The van der Waals surface area contributed by atoms with Crippen molar-refractivity contribution in [2.24, 2.45) is 21.8 Å². The topological polar surface area (TPSA) is 55.5 Å². The molecule has 0 aromatic rings. The standard InChI is InChI=1S/C10H15BrN2O2/c1-9-4-3-7(10(9,2)6-11)5-8(9)12-13(14)15/h7H,3-6H2,1-2H3/b12-8+/t7-,9+,10+/m1/s1. The Morgan fingerprint density at radius 1 is 1.67 bits per heavy atom. The van der Waals surface area contributed by atoms with E-state index in [1.54, 1.807) is 0 Å². The highest BCUT2D eigenvalue weighted by Crippen LogP contribution is 2.64. The molecule has 2 saturated carbocycles. The fourth-order valence-corrected chi connectivity index (χ4v) is 4.36. The lowest BCUT2D eigenvalue weighted by Gasteiger charge is -2.35. The summed E-state index contributed by atoms with van der Waals surface area (Å²) < 4.78 is 0. The van der Waals surface area contributed by atoms with E-state index in [1.165, 1.54) is 6.42 Å². The summed E-state index contributed by atoms with van der Waals surface area (Å²) in [6.07, 6.45) is 3.02. The second-order valence-corrected chi connectivity index (χ2v) is 5.67. The zero-order valence-electron chi connectivity index (χ0n) is 8.99. The van der Waals surface area contributed by atoms with Crippen molar-refractivity contribution in [3.63, 3.8) is 0 Å². The average Bonchev–Trinajstić information content (AvgIpc) is 2.52. The van der Waals surface area contributed by atoms with Crippen LogP contribution in [0.5, 0.6) is 0 Å². The number of alkyl halides is 1. The van der Waals surface area contributed by atoms with Crippen molar-refractivity contribution in [3.8, 4) is 0 Å². The maximum absolute atomic E-state index is 10.5. The number of nitrogens with zero attached hydrogens (tertiary/aromatic N) is 2. The van der Waals surface area contributed by atoms with Crippen LogP contribution < -0.4 is 0 Å². The number of hydrazone groups is 1. The molecule has 84 valence electrons. The Bertz CT molecular complexity index is 344. The van der Waals surface area contributed by atoms with Crippen molar-refractivity contribution in [1.29, 1.82) is 0 Å². The fraction of sp³-hybridized carbons (Fsp3) is 0.900. The average molecular weight is 275 g/mol. The summed E-state index contributed by atoms with van der Waals surface area (Å²) in [5.74, 6) is 0.556. The van der Waals surface area contributed by atoms with Crippen LogP contribution in [0.15, 0.2) is 5.10 Å². The van der Waals surface area contributed by atoms with Crippen LogP contribution in [-0.4, -0.2) is 16.1 Å². The Hall–Kier alpha value is -0.450. The highest BCUT2D eigenvalue weighted by molar-refractivity contribution is 9.09. The van der Waals surface area contributed by atoms with Crippen LogP contribution in [0.3, 0.4) is 0 Å². The number of rotatable bonds is 2. The van der Waals surface area contributed by atoms with Crippen LogP contribution in [0.1, 0.15) is 33.1 Å². The third-order valence-electron chi connectivity index (χ3n) is 4.71. The van der Waals surface area contributed by atoms with E-state index in [0.29, 0.717) is 5.92 Å². The smallest absolute Gasteiger partial charge is 0.190 e. The van der Waals surface area contributed by atoms with E-state index in [2.05, 4.69) is 34.9 Å². The van der Waals surface area contributed by atoms with Crippen molar-refractivity contribution in [2.45, 2.75) is 33.1 Å². The second kappa shape index (κ2) is 3.27. The number of hydrogen-bond donors (Lipinski definition) is 0. The highest BCUT2D eigenvalue weighted by atomic mass is 79.9. The zero-order valence-corrected chi connectivity index (χ0v) is 10.6. The minimum atomic E-state index is -0.546. The molecule has 0 amide bonds. The van der Waals surface area contributed by atoms with Crippen molar-refractivity contribution in [1.82, 2.24) is 0 Å². The first-order valence-electron chi connectivity index (χ1n) is 5.22. The predicted octanol–water partition coefficient (Wildman–Crippen LogP) is 2.84. The van der Waals surface area contributed by atoms with E-state index in [1.807, 2.05) is 0 Å². The van der Waals surface area contributed by atoms with Gasteiger partial charge in [0.05, 0.1) is 10.8 Å². The van der Waals surface area contributed by atoms with Gasteiger partial charge in [-0.05, 0) is 30.6 Å². The molecular weight excluding hydrogens is 260 g/mol. The second-order valence-electron chi connectivity index (χ2n) is 5.11. The lowest BCUT2D eigenvalue weighted by atomic mass is 9.70. The maximum Gasteiger partial charge on any atom is 0.190 e. The summed E-state index contributed by atoms with van der Waals surface area (Å²) in [6.45, 7) is 4.35. The van der Waals surface area contributed by atoms with Gasteiger partial charge in [-0.25, -0.2) is 10.1 Å². The van der Waals surface area contributed by atoms with Gasteiger partial charge in [-0.1, -0.05) is 29.8 Å². The van der Waals surface area contributed by atoms with Gasteiger partial charge in [-0.2, -0.15) is 0 Å². The SMILES string of the molecule is C[C@]12CC[C@H](C/C1=N\[N+](=O)[O-])[C@]2(C)CBr. The van der Waals surface area contributed by atoms with Gasteiger partial charge in [0.25, 0.3) is 0 Å². The van der Waals surface area contributed by atoms with E-state index in [0.717, 1.165) is 23.9 Å². The van der Waals surface area contributed by atoms with Crippen molar-refractivity contribution >= 4 is 21.6 Å². The van der Waals surface area contributed by atoms with Gasteiger partial charge in [-0.3, -0.25) is 0 Å². The summed E-state index contributed by atoms with van der Waals surface area (Å²) >= 11 is 3.56. The van der Waals surface area contributed by atoms with E-state index in [-0.39, 0.29) is 10.8 Å². The fourth-order valence-electron chi connectivity index (χ4n) is 3.28. The van der Waals surface area contributed by atoms with Crippen LogP contribution in [0.25, 0.3) is 0 Å². The Morgan fingerprint density at radius 2 is 2.33 bits per heavy atom. The van der Waals surface area contributed by atoms with Gasteiger partial charge < -0.3 is 0 Å². The summed E-state index contributed by atoms with van der Waals surface area (Å²) in [7, 11) is 0. The van der Waals surface area contributed by atoms with Crippen molar-refractivity contribution in [2.75, 3.05) is 5.33 Å². The predicted molar refractivity (Wildman–Crippen MR) is 61.8 cm³/mol. The van der Waals surface area contributed by atoms with Gasteiger partial charge in [0.1, 0.15) is 0 Å². The maximum atomic E-state index is 10.5. The quantitative estimate of drug-likeness (QED) is 0.442. The number of nitro groups is 1. The molecule has 0 spiro atoms. The molecule has 0 aromatic carbocycles. The van der Waals surface area contributed by atoms with E-state index >= 15 is 0 Å². The van der Waals surface area contributed by atoms with Crippen LogP contribution in [0.2, 0.25) is 0 Å².